The number of unbranched alkanes of at least 4 members (excludes halogenated alkanes) is 7. The molecule has 18 heavy (non-hydrogen) atoms. The van der Waals surface area contributed by atoms with Gasteiger partial charge in [0.05, 0.1) is 0 Å². The van der Waals surface area contributed by atoms with Crippen LogP contribution in [0.4, 0.5) is 0 Å². The topological polar surface area (TPSA) is 12.0 Å². The van der Waals surface area contributed by atoms with Crippen LogP contribution in [0.2, 0.25) is 0 Å². The average molecular weight is 253 g/mol. The van der Waals surface area contributed by atoms with Crippen molar-refractivity contribution in [3.05, 3.63) is 0 Å². The van der Waals surface area contributed by atoms with Gasteiger partial charge in [0.2, 0.25) is 0 Å². The molecule has 0 aromatic heterocycles. The zero-order valence-electron chi connectivity index (χ0n) is 12.8. The number of nitrogens with one attached hydrogen (secondary N) is 1. The van der Waals surface area contributed by atoms with Crippen molar-refractivity contribution in [2.45, 2.75) is 84.5 Å². The summed E-state index contributed by atoms with van der Waals surface area (Å²) >= 11 is 0. The molecule has 0 aromatic rings. The Balaban J connectivity index is 1.73. The maximum absolute atomic E-state index is 3.66. The number of rotatable bonds is 11. The molecule has 0 aliphatic heterocycles. The average Bonchev–Trinajstić information content (AvgIpc) is 2.77. The summed E-state index contributed by atoms with van der Waals surface area (Å²) in [7, 11) is 0. The molecule has 1 nitrogen and oxygen atoms in total. The lowest BCUT2D eigenvalue weighted by molar-refractivity contribution is 0.462. The zero-order valence-corrected chi connectivity index (χ0v) is 12.8. The summed E-state index contributed by atoms with van der Waals surface area (Å²) in [5.74, 6) is 1.97. The highest BCUT2D eigenvalue weighted by Gasteiger charge is 2.20. The second kappa shape index (κ2) is 10.8. The van der Waals surface area contributed by atoms with Crippen LogP contribution in [0.5, 0.6) is 0 Å². The third-order valence-electron chi connectivity index (χ3n) is 4.44. The Morgan fingerprint density at radius 2 is 1.56 bits per heavy atom. The maximum atomic E-state index is 3.66. The summed E-state index contributed by atoms with van der Waals surface area (Å²) in [6.45, 7) is 7.22. The van der Waals surface area contributed by atoms with Crippen LogP contribution < -0.4 is 5.32 Å². The van der Waals surface area contributed by atoms with E-state index in [1.165, 1.54) is 83.7 Å². The minimum Gasteiger partial charge on any atom is -0.316 e. The third-order valence-corrected chi connectivity index (χ3v) is 4.44. The van der Waals surface area contributed by atoms with E-state index >= 15 is 0 Å². The van der Waals surface area contributed by atoms with Gasteiger partial charge in [0, 0.05) is 0 Å². The Morgan fingerprint density at radius 1 is 0.889 bits per heavy atom. The second-order valence-electron chi connectivity index (χ2n) is 6.46. The van der Waals surface area contributed by atoms with Crippen LogP contribution in [0.1, 0.15) is 84.5 Å². The Hall–Kier alpha value is -0.0400. The normalized spacial score (nSPS) is 23.7. The summed E-state index contributed by atoms with van der Waals surface area (Å²) < 4.78 is 0. The van der Waals surface area contributed by atoms with Gasteiger partial charge in [-0.25, -0.2) is 0 Å². The molecule has 1 saturated carbocycles. The quantitative estimate of drug-likeness (QED) is 0.502. The summed E-state index contributed by atoms with van der Waals surface area (Å²) in [4.78, 5) is 0. The standard InChI is InChI=1S/C17H35N/c1-3-4-5-6-7-8-9-10-13-18-15-17-12-11-16(2)14-17/h16-18H,3-15H2,1-2H3. The highest BCUT2D eigenvalue weighted by molar-refractivity contribution is 4.74. The first-order valence-corrected chi connectivity index (χ1v) is 8.53. The fourth-order valence-electron chi connectivity index (χ4n) is 3.20. The Kier molecular flexibility index (Phi) is 9.65. The predicted octanol–water partition coefficient (Wildman–Crippen LogP) is 5.15. The van der Waals surface area contributed by atoms with Crippen molar-refractivity contribution in [3.63, 3.8) is 0 Å². The van der Waals surface area contributed by atoms with Crippen LogP contribution in [0, 0.1) is 11.8 Å². The second-order valence-corrected chi connectivity index (χ2v) is 6.46. The molecule has 108 valence electrons. The molecule has 0 aromatic carbocycles. The molecule has 1 fully saturated rings. The summed E-state index contributed by atoms with van der Waals surface area (Å²) in [6.07, 6.45) is 15.8. The van der Waals surface area contributed by atoms with Crippen LogP contribution in [-0.2, 0) is 0 Å². The van der Waals surface area contributed by atoms with Gasteiger partial charge in [-0.2, -0.15) is 0 Å². The number of hydrogen-bond acceptors (Lipinski definition) is 1. The monoisotopic (exact) mass is 253 g/mol. The van der Waals surface area contributed by atoms with Gasteiger partial charge in [-0.05, 0) is 44.2 Å². The summed E-state index contributed by atoms with van der Waals surface area (Å²) in [5, 5.41) is 3.66. The largest absolute Gasteiger partial charge is 0.316 e. The van der Waals surface area contributed by atoms with Crippen molar-refractivity contribution in [3.8, 4) is 0 Å². The van der Waals surface area contributed by atoms with E-state index in [2.05, 4.69) is 19.2 Å². The van der Waals surface area contributed by atoms with Gasteiger partial charge in [0.15, 0.2) is 0 Å². The minimum absolute atomic E-state index is 0.981. The first-order valence-electron chi connectivity index (χ1n) is 8.53. The van der Waals surface area contributed by atoms with Gasteiger partial charge < -0.3 is 5.32 Å². The smallest absolute Gasteiger partial charge is 0.00204 e. The van der Waals surface area contributed by atoms with Gasteiger partial charge in [-0.15, -0.1) is 0 Å². The molecule has 1 aliphatic carbocycles. The summed E-state index contributed by atoms with van der Waals surface area (Å²) in [5.41, 5.74) is 0. The molecule has 1 N–H and O–H groups in total. The molecular weight excluding hydrogens is 218 g/mol. The van der Waals surface area contributed by atoms with Crippen molar-refractivity contribution in [2.75, 3.05) is 13.1 Å². The fraction of sp³-hybridized carbons (Fsp3) is 1.00. The Bertz CT molecular complexity index is 178. The van der Waals surface area contributed by atoms with Crippen LogP contribution in [-0.4, -0.2) is 13.1 Å². The zero-order chi connectivity index (χ0) is 13.1. The Morgan fingerprint density at radius 3 is 2.17 bits per heavy atom. The van der Waals surface area contributed by atoms with Gasteiger partial charge in [-0.1, -0.05) is 65.2 Å². The van der Waals surface area contributed by atoms with E-state index in [0.29, 0.717) is 0 Å². The molecule has 1 heteroatoms. The highest BCUT2D eigenvalue weighted by Crippen LogP contribution is 2.29. The minimum atomic E-state index is 0.981. The van der Waals surface area contributed by atoms with Gasteiger partial charge in [0.25, 0.3) is 0 Å². The van der Waals surface area contributed by atoms with E-state index in [-0.39, 0.29) is 0 Å². The molecule has 0 bridgehead atoms. The van der Waals surface area contributed by atoms with Crippen molar-refractivity contribution in [1.82, 2.24) is 5.32 Å². The molecule has 0 spiro atoms. The Labute approximate surface area is 115 Å². The maximum Gasteiger partial charge on any atom is -0.00204 e. The first kappa shape index (κ1) is 16.0. The highest BCUT2D eigenvalue weighted by atomic mass is 14.9. The van der Waals surface area contributed by atoms with E-state index in [1.54, 1.807) is 0 Å². The molecule has 0 heterocycles. The molecule has 1 aliphatic rings. The van der Waals surface area contributed by atoms with E-state index in [1.807, 2.05) is 0 Å². The van der Waals surface area contributed by atoms with Crippen LogP contribution in [0.3, 0.4) is 0 Å². The SMILES string of the molecule is CCCCCCCCCCNCC1CCC(C)C1. The lowest BCUT2D eigenvalue weighted by atomic mass is 10.1. The lowest BCUT2D eigenvalue weighted by Gasteiger charge is -2.10. The molecule has 1 rings (SSSR count). The molecule has 0 saturated heterocycles. The van der Waals surface area contributed by atoms with Gasteiger partial charge in [-0.3, -0.25) is 0 Å². The fourth-order valence-corrected chi connectivity index (χ4v) is 3.20. The number of hydrogen-bond donors (Lipinski definition) is 1. The third kappa shape index (κ3) is 8.13. The van der Waals surface area contributed by atoms with Crippen molar-refractivity contribution >= 4 is 0 Å². The molecule has 0 radical (unpaired) electrons. The van der Waals surface area contributed by atoms with Crippen LogP contribution in [0.15, 0.2) is 0 Å². The van der Waals surface area contributed by atoms with Crippen molar-refractivity contribution in [1.29, 1.82) is 0 Å². The van der Waals surface area contributed by atoms with Gasteiger partial charge >= 0.3 is 0 Å². The van der Waals surface area contributed by atoms with Crippen molar-refractivity contribution in [2.24, 2.45) is 11.8 Å². The van der Waals surface area contributed by atoms with E-state index in [0.717, 1.165) is 11.8 Å². The van der Waals surface area contributed by atoms with Crippen molar-refractivity contribution < 1.29 is 0 Å². The van der Waals surface area contributed by atoms with Crippen LogP contribution >= 0.6 is 0 Å². The first-order chi connectivity index (χ1) is 8.83. The van der Waals surface area contributed by atoms with Crippen LogP contribution in [0.25, 0.3) is 0 Å². The molecular formula is C17H35N. The van der Waals surface area contributed by atoms with Gasteiger partial charge in [0.1, 0.15) is 0 Å². The molecule has 0 amide bonds. The van der Waals surface area contributed by atoms with E-state index < -0.39 is 0 Å². The molecule has 2 unspecified atom stereocenters. The predicted molar refractivity (Wildman–Crippen MR) is 82.0 cm³/mol. The molecule has 2 atom stereocenters. The summed E-state index contributed by atoms with van der Waals surface area (Å²) in [6, 6.07) is 0. The van der Waals surface area contributed by atoms with E-state index in [9.17, 15) is 0 Å². The lowest BCUT2D eigenvalue weighted by Crippen LogP contribution is -2.22. The van der Waals surface area contributed by atoms with E-state index in [4.69, 9.17) is 0 Å².